The number of hydrogen-bond donors (Lipinski definition) is 0. The first-order valence-corrected chi connectivity index (χ1v) is 14.6. The number of carbonyl (C=O) groups excluding carboxylic acids is 2. The second-order valence-corrected chi connectivity index (χ2v) is 10.2. The van der Waals surface area contributed by atoms with Crippen LogP contribution in [-0.4, -0.2) is 24.1 Å². The molecule has 0 saturated carbocycles. The van der Waals surface area contributed by atoms with Crippen molar-refractivity contribution < 1.29 is 19.1 Å². The quantitative estimate of drug-likeness (QED) is 0.149. The Morgan fingerprint density at radius 3 is 1.27 bits per heavy atom. The van der Waals surface area contributed by atoms with Crippen LogP contribution in [-0.2, 0) is 22.3 Å². The van der Waals surface area contributed by atoms with Crippen LogP contribution in [0.15, 0.2) is 48.5 Å². The van der Waals surface area contributed by atoms with Crippen molar-refractivity contribution in [2.45, 2.75) is 123 Å². The molecule has 2 rings (SSSR count). The van der Waals surface area contributed by atoms with E-state index in [1.807, 2.05) is 48.5 Å². The second-order valence-electron chi connectivity index (χ2n) is 10.2. The maximum Gasteiger partial charge on any atom is 0.338 e. The van der Waals surface area contributed by atoms with E-state index in [9.17, 15) is 9.59 Å². The number of esters is 2. The normalized spacial score (nSPS) is 12.6. The van der Waals surface area contributed by atoms with Crippen molar-refractivity contribution in [2.24, 2.45) is 0 Å². The third-order valence-electron chi connectivity index (χ3n) is 6.81. The van der Waals surface area contributed by atoms with Crippen LogP contribution in [0, 0.1) is 0 Å². The third-order valence-corrected chi connectivity index (χ3v) is 6.81. The molecule has 0 aliphatic rings. The minimum absolute atomic E-state index is 0.285. The highest BCUT2D eigenvalue weighted by Crippen LogP contribution is 2.20. The van der Waals surface area contributed by atoms with E-state index in [-0.39, 0.29) is 24.1 Å². The number of carbonyl (C=O) groups is 2. The fourth-order valence-corrected chi connectivity index (χ4v) is 4.60. The van der Waals surface area contributed by atoms with E-state index in [1.165, 1.54) is 49.7 Å². The molecule has 0 spiro atoms. The molecule has 0 aliphatic carbocycles. The lowest BCUT2D eigenvalue weighted by molar-refractivity contribution is -0.00415. The Balaban J connectivity index is 1.96. The highest BCUT2D eigenvalue weighted by molar-refractivity contribution is 5.90. The SMILES string of the molecule is CCCCCc1ccc(C(=O)OC(CCC)CC(CCC)OC(=O)c2ccc(CCCCC)cc2)cc1. The van der Waals surface area contributed by atoms with Gasteiger partial charge < -0.3 is 9.47 Å². The van der Waals surface area contributed by atoms with E-state index in [2.05, 4.69) is 27.7 Å². The molecule has 2 atom stereocenters. The van der Waals surface area contributed by atoms with E-state index >= 15 is 0 Å². The molecule has 0 N–H and O–H groups in total. The average molecular weight is 509 g/mol. The molecule has 0 saturated heterocycles. The first kappa shape index (κ1) is 30.6. The van der Waals surface area contributed by atoms with E-state index in [1.54, 1.807) is 0 Å². The summed E-state index contributed by atoms with van der Waals surface area (Å²) in [5.74, 6) is -0.613. The molecule has 2 unspecified atom stereocenters. The van der Waals surface area contributed by atoms with Gasteiger partial charge in [-0.15, -0.1) is 0 Å². The van der Waals surface area contributed by atoms with Gasteiger partial charge in [0.1, 0.15) is 12.2 Å². The molecule has 0 aliphatic heterocycles. The zero-order valence-electron chi connectivity index (χ0n) is 23.6. The first-order chi connectivity index (χ1) is 18.0. The highest BCUT2D eigenvalue weighted by atomic mass is 16.6. The van der Waals surface area contributed by atoms with E-state index in [0.29, 0.717) is 17.5 Å². The summed E-state index contributed by atoms with van der Waals surface area (Å²) in [6, 6.07) is 15.6. The monoisotopic (exact) mass is 508 g/mol. The Hall–Kier alpha value is -2.62. The molecular formula is C33H48O4. The van der Waals surface area contributed by atoms with Crippen LogP contribution < -0.4 is 0 Å². The number of unbranched alkanes of at least 4 members (excludes halogenated alkanes) is 4. The van der Waals surface area contributed by atoms with Gasteiger partial charge in [0.25, 0.3) is 0 Å². The van der Waals surface area contributed by atoms with Crippen LogP contribution in [0.25, 0.3) is 0 Å². The molecule has 0 amide bonds. The van der Waals surface area contributed by atoms with Crippen LogP contribution in [0.2, 0.25) is 0 Å². The predicted molar refractivity (Wildman–Crippen MR) is 152 cm³/mol. The van der Waals surface area contributed by atoms with Gasteiger partial charge >= 0.3 is 11.9 Å². The summed E-state index contributed by atoms with van der Waals surface area (Å²) >= 11 is 0. The smallest absolute Gasteiger partial charge is 0.338 e. The van der Waals surface area contributed by atoms with Gasteiger partial charge in [0.15, 0.2) is 0 Å². The number of rotatable bonds is 18. The summed E-state index contributed by atoms with van der Waals surface area (Å²) in [5, 5.41) is 0. The Labute approximate surface area is 225 Å². The van der Waals surface area contributed by atoms with Gasteiger partial charge in [-0.05, 0) is 73.9 Å². The Morgan fingerprint density at radius 1 is 0.568 bits per heavy atom. The van der Waals surface area contributed by atoms with E-state index < -0.39 is 0 Å². The standard InChI is InChI=1S/C33H48O4/c1-5-9-11-15-26-17-21-28(22-18-26)32(34)36-30(13-7-3)25-31(14-8-4)37-33(35)29-23-19-27(20-24-29)16-12-10-6-2/h17-24,30-31H,5-16,25H2,1-4H3. The summed E-state index contributed by atoms with van der Waals surface area (Å²) in [6.07, 6.45) is 12.4. The summed E-state index contributed by atoms with van der Waals surface area (Å²) in [7, 11) is 0. The van der Waals surface area contributed by atoms with Gasteiger partial charge in [-0.2, -0.15) is 0 Å². The van der Waals surface area contributed by atoms with Crippen molar-refractivity contribution in [3.63, 3.8) is 0 Å². The summed E-state index contributed by atoms with van der Waals surface area (Å²) in [4.78, 5) is 25.8. The topological polar surface area (TPSA) is 52.6 Å². The Morgan fingerprint density at radius 2 is 0.946 bits per heavy atom. The number of aryl methyl sites for hydroxylation is 2. The molecule has 0 bridgehead atoms. The Bertz CT molecular complexity index is 825. The summed E-state index contributed by atoms with van der Waals surface area (Å²) in [6.45, 7) is 8.55. The number of ether oxygens (including phenoxy) is 2. The zero-order valence-corrected chi connectivity index (χ0v) is 23.6. The van der Waals surface area contributed by atoms with Gasteiger partial charge in [0, 0.05) is 6.42 Å². The number of hydrogen-bond acceptors (Lipinski definition) is 4. The molecule has 37 heavy (non-hydrogen) atoms. The molecule has 2 aromatic carbocycles. The van der Waals surface area contributed by atoms with E-state index in [0.717, 1.165) is 38.5 Å². The fourth-order valence-electron chi connectivity index (χ4n) is 4.60. The average Bonchev–Trinajstić information content (AvgIpc) is 2.90. The van der Waals surface area contributed by atoms with Crippen molar-refractivity contribution >= 4 is 11.9 Å². The van der Waals surface area contributed by atoms with Crippen LogP contribution in [0.3, 0.4) is 0 Å². The van der Waals surface area contributed by atoms with Crippen molar-refractivity contribution in [1.29, 1.82) is 0 Å². The van der Waals surface area contributed by atoms with Crippen LogP contribution in [0.5, 0.6) is 0 Å². The summed E-state index contributed by atoms with van der Waals surface area (Å²) in [5.41, 5.74) is 3.64. The van der Waals surface area contributed by atoms with Crippen LogP contribution >= 0.6 is 0 Å². The third kappa shape index (κ3) is 11.5. The minimum Gasteiger partial charge on any atom is -0.459 e. The van der Waals surface area contributed by atoms with Crippen LogP contribution in [0.4, 0.5) is 0 Å². The van der Waals surface area contributed by atoms with Crippen molar-refractivity contribution in [3.05, 3.63) is 70.8 Å². The lowest BCUT2D eigenvalue weighted by Crippen LogP contribution is -2.27. The summed E-state index contributed by atoms with van der Waals surface area (Å²) < 4.78 is 11.8. The molecule has 0 fully saturated rings. The van der Waals surface area contributed by atoms with Crippen LogP contribution in [0.1, 0.15) is 130 Å². The van der Waals surface area contributed by atoms with Gasteiger partial charge in [-0.1, -0.05) is 90.5 Å². The second kappa shape index (κ2) is 17.8. The van der Waals surface area contributed by atoms with Gasteiger partial charge in [0.2, 0.25) is 0 Å². The van der Waals surface area contributed by atoms with Gasteiger partial charge in [-0.25, -0.2) is 9.59 Å². The lowest BCUT2D eigenvalue weighted by atomic mass is 10.0. The Kier molecular flexibility index (Phi) is 14.7. The fraction of sp³-hybridized carbons (Fsp3) is 0.576. The molecule has 4 heteroatoms. The molecule has 2 aromatic rings. The molecule has 0 aromatic heterocycles. The molecule has 0 radical (unpaired) electrons. The van der Waals surface area contributed by atoms with Crippen molar-refractivity contribution in [2.75, 3.05) is 0 Å². The van der Waals surface area contributed by atoms with Gasteiger partial charge in [0.05, 0.1) is 11.1 Å². The first-order valence-electron chi connectivity index (χ1n) is 14.6. The van der Waals surface area contributed by atoms with Crippen molar-refractivity contribution in [1.82, 2.24) is 0 Å². The maximum atomic E-state index is 12.9. The largest absolute Gasteiger partial charge is 0.459 e. The highest BCUT2D eigenvalue weighted by Gasteiger charge is 2.23. The maximum absolute atomic E-state index is 12.9. The lowest BCUT2D eigenvalue weighted by Gasteiger charge is -2.24. The van der Waals surface area contributed by atoms with Gasteiger partial charge in [-0.3, -0.25) is 0 Å². The molecule has 204 valence electrons. The minimum atomic E-state index is -0.307. The molecule has 0 heterocycles. The molecule has 4 nitrogen and oxygen atoms in total. The van der Waals surface area contributed by atoms with E-state index in [4.69, 9.17) is 9.47 Å². The predicted octanol–water partition coefficient (Wildman–Crippen LogP) is 8.89. The zero-order chi connectivity index (χ0) is 26.9. The number of benzene rings is 2. The van der Waals surface area contributed by atoms with Crippen molar-refractivity contribution in [3.8, 4) is 0 Å². The molecular weight excluding hydrogens is 460 g/mol.